The minimum absolute atomic E-state index is 0.110. The van der Waals surface area contributed by atoms with Gasteiger partial charge in [0.05, 0.1) is 16.6 Å². The van der Waals surface area contributed by atoms with Gasteiger partial charge in [0.1, 0.15) is 11.9 Å². The molecule has 6 nitrogen and oxygen atoms in total. The molecular weight excluding hydrogens is 402 g/mol. The van der Waals surface area contributed by atoms with Crippen LogP contribution in [-0.2, 0) is 11.3 Å². The number of ether oxygens (including phenoxy) is 1. The fourth-order valence-corrected chi connectivity index (χ4v) is 3.98. The molecule has 0 aliphatic carbocycles. The molecule has 0 radical (unpaired) electrons. The van der Waals surface area contributed by atoms with Gasteiger partial charge in [-0.2, -0.15) is 0 Å². The predicted octanol–water partition coefficient (Wildman–Crippen LogP) is 5.02. The Labute approximate surface area is 187 Å². The first-order valence-electron chi connectivity index (χ1n) is 10.6. The van der Waals surface area contributed by atoms with E-state index < -0.39 is 11.6 Å². The largest absolute Gasteiger partial charge is 0.455 e. The molecule has 4 rings (SSSR count). The number of para-hydroxylation sites is 1. The van der Waals surface area contributed by atoms with Crippen LogP contribution in [0.4, 0.5) is 0 Å². The van der Waals surface area contributed by atoms with E-state index in [-0.39, 0.29) is 11.6 Å². The van der Waals surface area contributed by atoms with Crippen LogP contribution < -0.4 is 0 Å². The molecule has 164 valence electrons. The molecule has 0 N–H and O–H groups in total. The molecule has 2 aromatic carbocycles. The molecule has 0 saturated heterocycles. The van der Waals surface area contributed by atoms with Crippen LogP contribution in [0.25, 0.3) is 16.4 Å². The van der Waals surface area contributed by atoms with E-state index in [1.807, 2.05) is 86.7 Å². The van der Waals surface area contributed by atoms with E-state index in [2.05, 4.69) is 4.98 Å². The van der Waals surface area contributed by atoms with E-state index in [0.29, 0.717) is 23.2 Å². The van der Waals surface area contributed by atoms with Crippen LogP contribution in [0, 0.1) is 6.92 Å². The SMILES string of the molecule is Cc1c(C(=O)N(C)Cc2ccccc2)c2ccccc2n2cnc(C(=O)OC(C)(C)C)c12. The monoisotopic (exact) mass is 429 g/mol. The van der Waals surface area contributed by atoms with Crippen molar-refractivity contribution in [2.45, 2.75) is 39.8 Å². The number of imidazole rings is 1. The average Bonchev–Trinajstić information content (AvgIpc) is 3.19. The lowest BCUT2D eigenvalue weighted by Crippen LogP contribution is -2.27. The quantitative estimate of drug-likeness (QED) is 0.427. The summed E-state index contributed by atoms with van der Waals surface area (Å²) in [6, 6.07) is 17.5. The number of pyridine rings is 1. The summed E-state index contributed by atoms with van der Waals surface area (Å²) in [6.45, 7) is 7.80. The van der Waals surface area contributed by atoms with E-state index in [1.54, 1.807) is 18.3 Å². The van der Waals surface area contributed by atoms with Crippen molar-refractivity contribution in [1.29, 1.82) is 0 Å². The maximum Gasteiger partial charge on any atom is 0.359 e. The molecule has 32 heavy (non-hydrogen) atoms. The fourth-order valence-electron chi connectivity index (χ4n) is 3.98. The molecule has 0 fully saturated rings. The van der Waals surface area contributed by atoms with Crippen LogP contribution in [0.15, 0.2) is 60.9 Å². The van der Waals surface area contributed by atoms with Crippen molar-refractivity contribution in [1.82, 2.24) is 14.3 Å². The molecule has 0 bridgehead atoms. The molecule has 0 atom stereocenters. The van der Waals surface area contributed by atoms with Gasteiger partial charge >= 0.3 is 5.97 Å². The average molecular weight is 430 g/mol. The van der Waals surface area contributed by atoms with Crippen LogP contribution in [0.5, 0.6) is 0 Å². The first-order chi connectivity index (χ1) is 15.2. The number of benzene rings is 2. The zero-order valence-corrected chi connectivity index (χ0v) is 19.0. The highest BCUT2D eigenvalue weighted by Gasteiger charge is 2.27. The van der Waals surface area contributed by atoms with Gasteiger partial charge in [-0.05, 0) is 44.9 Å². The smallest absolute Gasteiger partial charge is 0.359 e. The molecule has 2 heterocycles. The number of aryl methyl sites for hydroxylation is 1. The van der Waals surface area contributed by atoms with Crippen LogP contribution in [0.2, 0.25) is 0 Å². The van der Waals surface area contributed by atoms with Gasteiger partial charge < -0.3 is 9.64 Å². The predicted molar refractivity (Wildman–Crippen MR) is 125 cm³/mol. The Balaban J connectivity index is 1.87. The lowest BCUT2D eigenvalue weighted by molar-refractivity contribution is 0.00655. The molecule has 2 aromatic heterocycles. The van der Waals surface area contributed by atoms with Gasteiger partial charge in [0.2, 0.25) is 0 Å². The van der Waals surface area contributed by atoms with Gasteiger partial charge in [-0.15, -0.1) is 0 Å². The van der Waals surface area contributed by atoms with Gasteiger partial charge in [-0.1, -0.05) is 48.5 Å². The first-order valence-corrected chi connectivity index (χ1v) is 10.6. The van der Waals surface area contributed by atoms with Crippen molar-refractivity contribution < 1.29 is 14.3 Å². The van der Waals surface area contributed by atoms with Gasteiger partial charge in [0.15, 0.2) is 5.69 Å². The number of carbonyl (C=O) groups excluding carboxylic acids is 2. The Morgan fingerprint density at radius 1 is 1.03 bits per heavy atom. The lowest BCUT2D eigenvalue weighted by atomic mass is 10.00. The molecule has 0 saturated carbocycles. The van der Waals surface area contributed by atoms with Crippen LogP contribution in [0.1, 0.15) is 52.7 Å². The first kappa shape index (κ1) is 21.6. The van der Waals surface area contributed by atoms with Crippen molar-refractivity contribution in [2.24, 2.45) is 0 Å². The Bertz CT molecular complexity index is 1320. The van der Waals surface area contributed by atoms with E-state index in [9.17, 15) is 9.59 Å². The number of esters is 1. The summed E-state index contributed by atoms with van der Waals surface area (Å²) in [7, 11) is 1.79. The zero-order chi connectivity index (χ0) is 23.0. The molecule has 6 heteroatoms. The Morgan fingerprint density at radius 2 is 1.69 bits per heavy atom. The van der Waals surface area contributed by atoms with Gasteiger partial charge in [-0.25, -0.2) is 9.78 Å². The van der Waals surface area contributed by atoms with Crippen molar-refractivity contribution in [3.05, 3.63) is 83.3 Å². The van der Waals surface area contributed by atoms with Crippen molar-refractivity contribution >= 4 is 28.3 Å². The Kier molecular flexibility index (Phi) is 5.46. The molecule has 0 aliphatic rings. The maximum atomic E-state index is 13.6. The summed E-state index contributed by atoms with van der Waals surface area (Å²) >= 11 is 0. The minimum Gasteiger partial charge on any atom is -0.455 e. The second-order valence-corrected chi connectivity index (χ2v) is 8.98. The molecule has 0 spiro atoms. The van der Waals surface area contributed by atoms with Crippen LogP contribution in [0.3, 0.4) is 0 Å². The summed E-state index contributed by atoms with van der Waals surface area (Å²) in [4.78, 5) is 32.6. The highest BCUT2D eigenvalue weighted by atomic mass is 16.6. The number of nitrogens with zero attached hydrogens (tertiary/aromatic N) is 3. The van der Waals surface area contributed by atoms with Gasteiger partial charge in [0, 0.05) is 19.0 Å². The number of hydrogen-bond donors (Lipinski definition) is 0. The van der Waals surface area contributed by atoms with E-state index in [1.165, 1.54) is 0 Å². The molecule has 4 aromatic rings. The highest BCUT2D eigenvalue weighted by molar-refractivity contribution is 6.11. The standard InChI is InChI=1S/C26H27N3O3/c1-17-21(24(30)28(5)15-18-11-7-6-8-12-18)19-13-9-10-14-20(19)29-16-27-22(23(17)29)25(31)32-26(2,3)4/h6-14,16H,15H2,1-5H3. The van der Waals surface area contributed by atoms with Gasteiger partial charge in [-0.3, -0.25) is 9.20 Å². The molecule has 0 aliphatic heterocycles. The van der Waals surface area contributed by atoms with Crippen molar-refractivity contribution in [3.63, 3.8) is 0 Å². The summed E-state index contributed by atoms with van der Waals surface area (Å²) in [5.41, 5.74) is 3.28. The number of amides is 1. The Hall–Kier alpha value is -3.67. The van der Waals surface area contributed by atoms with E-state index >= 15 is 0 Å². The lowest BCUT2D eigenvalue weighted by Gasteiger charge is -2.21. The van der Waals surface area contributed by atoms with Crippen molar-refractivity contribution in [2.75, 3.05) is 7.05 Å². The molecule has 1 amide bonds. The topological polar surface area (TPSA) is 63.9 Å². The Morgan fingerprint density at radius 3 is 2.38 bits per heavy atom. The van der Waals surface area contributed by atoms with Gasteiger partial charge in [0.25, 0.3) is 5.91 Å². The number of fused-ring (bicyclic) bond motifs is 3. The third-order valence-corrected chi connectivity index (χ3v) is 5.35. The maximum absolute atomic E-state index is 13.6. The molecule has 0 unspecified atom stereocenters. The zero-order valence-electron chi connectivity index (χ0n) is 19.0. The third kappa shape index (κ3) is 3.96. The summed E-state index contributed by atoms with van der Waals surface area (Å²) in [5, 5.41) is 0.815. The summed E-state index contributed by atoms with van der Waals surface area (Å²) in [5.74, 6) is -0.615. The number of aromatic nitrogens is 2. The number of carbonyl (C=O) groups is 2. The third-order valence-electron chi connectivity index (χ3n) is 5.35. The minimum atomic E-state index is -0.647. The summed E-state index contributed by atoms with van der Waals surface area (Å²) < 4.78 is 7.43. The normalized spacial score (nSPS) is 11.7. The van der Waals surface area contributed by atoms with Crippen LogP contribution >= 0.6 is 0 Å². The van der Waals surface area contributed by atoms with E-state index in [4.69, 9.17) is 4.74 Å². The van der Waals surface area contributed by atoms with Crippen molar-refractivity contribution in [3.8, 4) is 0 Å². The second-order valence-electron chi connectivity index (χ2n) is 8.98. The van der Waals surface area contributed by atoms with Crippen LogP contribution in [-0.4, -0.2) is 38.8 Å². The fraction of sp³-hybridized carbons (Fsp3) is 0.269. The highest BCUT2D eigenvalue weighted by Crippen LogP contribution is 2.30. The second kappa shape index (κ2) is 8.11. The molecular formula is C26H27N3O3. The number of rotatable bonds is 4. The van der Waals surface area contributed by atoms with E-state index in [0.717, 1.165) is 16.5 Å². The summed E-state index contributed by atoms with van der Waals surface area (Å²) in [6.07, 6.45) is 1.62. The number of hydrogen-bond acceptors (Lipinski definition) is 4.